The number of nitrogens with zero attached hydrogens (tertiary/aromatic N) is 4. The number of amides is 1. The number of aliphatic hydroxyl groups is 1. The van der Waals surface area contributed by atoms with Gasteiger partial charge in [0.05, 0.1) is 22.7 Å². The largest absolute Gasteiger partial charge is 0.395 e. The summed E-state index contributed by atoms with van der Waals surface area (Å²) < 4.78 is 3.95. The zero-order valence-corrected chi connectivity index (χ0v) is 18.3. The minimum absolute atomic E-state index is 0.0196. The van der Waals surface area contributed by atoms with Crippen LogP contribution in [0.4, 0.5) is 11.5 Å². The van der Waals surface area contributed by atoms with Crippen LogP contribution in [-0.4, -0.2) is 36.7 Å². The Morgan fingerprint density at radius 1 is 1.06 bits per heavy atom. The third-order valence-corrected chi connectivity index (χ3v) is 5.82. The molecular weight excluding hydrogens is 440 g/mol. The number of primary amides is 1. The van der Waals surface area contributed by atoms with Crippen LogP contribution < -0.4 is 11.1 Å². The lowest BCUT2D eigenvalue weighted by Gasteiger charge is -2.12. The number of aromatic nitrogens is 4. The van der Waals surface area contributed by atoms with Gasteiger partial charge in [0.25, 0.3) is 0 Å². The first-order valence-corrected chi connectivity index (χ1v) is 10.8. The van der Waals surface area contributed by atoms with Crippen LogP contribution in [0.25, 0.3) is 21.9 Å². The van der Waals surface area contributed by atoms with Gasteiger partial charge in [-0.15, -0.1) is 0 Å². The fraction of sp³-hybridized carbons (Fsp3) is 0.125. The van der Waals surface area contributed by atoms with E-state index >= 15 is 0 Å². The van der Waals surface area contributed by atoms with Crippen molar-refractivity contribution in [1.29, 1.82) is 0 Å². The lowest BCUT2D eigenvalue weighted by Crippen LogP contribution is -2.11. The SMILES string of the molecule is NC(=O)c1cccc(Cn2ccc3cc(Nc4ncnc5ccn(CCO)c45)cc(Cl)c32)c1. The molecule has 33 heavy (non-hydrogen) atoms. The van der Waals surface area contributed by atoms with E-state index < -0.39 is 5.91 Å². The molecule has 0 saturated carbocycles. The topological polar surface area (TPSA) is 111 Å². The number of hydrogen-bond donors (Lipinski definition) is 3. The first-order chi connectivity index (χ1) is 16.0. The lowest BCUT2D eigenvalue weighted by atomic mass is 10.1. The molecule has 166 valence electrons. The monoisotopic (exact) mass is 460 g/mol. The molecule has 0 spiro atoms. The van der Waals surface area contributed by atoms with Crippen molar-refractivity contribution in [2.45, 2.75) is 13.1 Å². The maximum Gasteiger partial charge on any atom is 0.248 e. The maximum absolute atomic E-state index is 11.5. The second-order valence-electron chi connectivity index (χ2n) is 7.72. The zero-order valence-electron chi connectivity index (χ0n) is 17.6. The van der Waals surface area contributed by atoms with Crippen molar-refractivity contribution in [3.63, 3.8) is 0 Å². The van der Waals surface area contributed by atoms with Gasteiger partial charge < -0.3 is 25.3 Å². The van der Waals surface area contributed by atoms with Crippen molar-refractivity contribution in [3.8, 4) is 0 Å². The summed E-state index contributed by atoms with van der Waals surface area (Å²) in [6.07, 6.45) is 5.35. The molecule has 0 aliphatic heterocycles. The summed E-state index contributed by atoms with van der Waals surface area (Å²) >= 11 is 6.70. The quantitative estimate of drug-likeness (QED) is 0.341. The number of carbonyl (C=O) groups excluding carboxylic acids is 1. The Morgan fingerprint density at radius 2 is 1.91 bits per heavy atom. The highest BCUT2D eigenvalue weighted by atomic mass is 35.5. The molecule has 0 unspecified atom stereocenters. The van der Waals surface area contributed by atoms with Crippen molar-refractivity contribution in [1.82, 2.24) is 19.1 Å². The van der Waals surface area contributed by atoms with Crippen molar-refractivity contribution < 1.29 is 9.90 Å². The average Bonchev–Trinajstić information content (AvgIpc) is 3.39. The minimum Gasteiger partial charge on any atom is -0.395 e. The van der Waals surface area contributed by atoms with E-state index in [0.717, 1.165) is 33.2 Å². The van der Waals surface area contributed by atoms with E-state index in [1.165, 1.54) is 6.33 Å². The molecule has 1 amide bonds. The fourth-order valence-corrected chi connectivity index (χ4v) is 4.41. The standard InChI is InChI=1S/C24H21ClN6O2/c25-19-12-18(29-24-22-20(27-14-28-24)5-7-30(22)8-9-32)11-16-4-6-31(21(16)19)13-15-2-1-3-17(10-15)23(26)33/h1-7,10-12,14,32H,8-9,13H2,(H2,26,33)(H,27,28,29). The molecule has 5 rings (SSSR count). The van der Waals surface area contributed by atoms with Gasteiger partial charge in [0.1, 0.15) is 11.8 Å². The molecule has 0 radical (unpaired) electrons. The number of anilines is 2. The molecule has 4 N–H and O–H groups in total. The minimum atomic E-state index is -0.452. The van der Waals surface area contributed by atoms with Crippen LogP contribution in [-0.2, 0) is 13.1 Å². The van der Waals surface area contributed by atoms with Crippen LogP contribution in [0.15, 0.2) is 67.3 Å². The highest BCUT2D eigenvalue weighted by Gasteiger charge is 2.13. The van der Waals surface area contributed by atoms with E-state index in [2.05, 4.69) is 15.3 Å². The summed E-state index contributed by atoms with van der Waals surface area (Å²) in [6.45, 7) is 1.02. The Bertz CT molecular complexity index is 1490. The lowest BCUT2D eigenvalue weighted by molar-refractivity contribution is 0.1000. The molecule has 0 atom stereocenters. The zero-order chi connectivity index (χ0) is 22.9. The van der Waals surface area contributed by atoms with Crippen molar-refractivity contribution in [2.24, 2.45) is 5.73 Å². The molecule has 5 aromatic rings. The Kier molecular flexibility index (Phi) is 5.45. The summed E-state index contributed by atoms with van der Waals surface area (Å²) in [7, 11) is 0. The van der Waals surface area contributed by atoms with E-state index in [9.17, 15) is 9.90 Å². The number of fused-ring (bicyclic) bond motifs is 2. The van der Waals surface area contributed by atoms with Crippen molar-refractivity contribution in [2.75, 3.05) is 11.9 Å². The van der Waals surface area contributed by atoms with Gasteiger partial charge in [-0.2, -0.15) is 0 Å². The van der Waals surface area contributed by atoms with Crippen LogP contribution in [0.1, 0.15) is 15.9 Å². The smallest absolute Gasteiger partial charge is 0.248 e. The summed E-state index contributed by atoms with van der Waals surface area (Å²) in [6, 6.07) is 15.0. The Labute approximate surface area is 194 Å². The predicted octanol–water partition coefficient (Wildman–Crippen LogP) is 3.92. The van der Waals surface area contributed by atoms with Crippen LogP contribution >= 0.6 is 11.6 Å². The van der Waals surface area contributed by atoms with Crippen LogP contribution in [0, 0.1) is 0 Å². The molecule has 3 heterocycles. The predicted molar refractivity (Wildman–Crippen MR) is 129 cm³/mol. The number of rotatable bonds is 7. The van der Waals surface area contributed by atoms with Crippen molar-refractivity contribution >= 4 is 50.9 Å². The highest BCUT2D eigenvalue weighted by molar-refractivity contribution is 6.35. The molecule has 0 bridgehead atoms. The summed E-state index contributed by atoms with van der Waals surface area (Å²) in [5.74, 6) is 0.184. The third-order valence-electron chi connectivity index (χ3n) is 5.53. The second kappa shape index (κ2) is 8.57. The molecule has 3 aromatic heterocycles. The van der Waals surface area contributed by atoms with Gasteiger partial charge >= 0.3 is 0 Å². The molecule has 2 aromatic carbocycles. The number of hydrogen-bond acceptors (Lipinski definition) is 5. The Hall–Kier alpha value is -3.88. The second-order valence-corrected chi connectivity index (χ2v) is 8.13. The van der Waals surface area contributed by atoms with E-state index in [-0.39, 0.29) is 6.61 Å². The van der Waals surface area contributed by atoms with Crippen LogP contribution in [0.2, 0.25) is 5.02 Å². The normalized spacial score (nSPS) is 11.3. The fourth-order valence-electron chi connectivity index (χ4n) is 4.07. The van der Waals surface area contributed by atoms with Gasteiger partial charge in [-0.3, -0.25) is 4.79 Å². The van der Waals surface area contributed by atoms with Gasteiger partial charge in [0, 0.05) is 42.1 Å². The van der Waals surface area contributed by atoms with Crippen LogP contribution in [0.5, 0.6) is 0 Å². The number of carbonyl (C=O) groups is 1. The number of benzene rings is 2. The first-order valence-electron chi connectivity index (χ1n) is 10.4. The Morgan fingerprint density at radius 3 is 2.73 bits per heavy atom. The molecular formula is C24H21ClN6O2. The van der Waals surface area contributed by atoms with Gasteiger partial charge in [0.15, 0.2) is 5.82 Å². The molecule has 0 fully saturated rings. The summed E-state index contributed by atoms with van der Waals surface area (Å²) in [5.41, 5.74) is 10.1. The number of nitrogens with one attached hydrogen (secondary N) is 1. The maximum atomic E-state index is 11.5. The highest BCUT2D eigenvalue weighted by Crippen LogP contribution is 2.32. The average molecular weight is 461 g/mol. The number of nitrogens with two attached hydrogens (primary N) is 1. The molecule has 0 aliphatic rings. The van der Waals surface area contributed by atoms with Crippen molar-refractivity contribution in [3.05, 3.63) is 83.4 Å². The third kappa shape index (κ3) is 4.02. The summed E-state index contributed by atoms with van der Waals surface area (Å²) in [4.78, 5) is 20.2. The molecule has 9 heteroatoms. The Balaban J connectivity index is 1.48. The van der Waals surface area contributed by atoms with Gasteiger partial charge in [-0.25, -0.2) is 9.97 Å². The van der Waals surface area contributed by atoms with Gasteiger partial charge in [0.2, 0.25) is 5.91 Å². The number of halogens is 1. The molecule has 0 saturated heterocycles. The molecule has 0 aliphatic carbocycles. The van der Waals surface area contributed by atoms with Gasteiger partial charge in [-0.1, -0.05) is 23.7 Å². The van der Waals surface area contributed by atoms with E-state index in [1.807, 2.05) is 57.9 Å². The summed E-state index contributed by atoms with van der Waals surface area (Å²) in [5, 5.41) is 14.3. The van der Waals surface area contributed by atoms with E-state index in [1.54, 1.807) is 12.1 Å². The first kappa shape index (κ1) is 21.0. The van der Waals surface area contributed by atoms with Gasteiger partial charge in [-0.05, 0) is 42.0 Å². The molecule has 8 nitrogen and oxygen atoms in total. The number of aliphatic hydroxyl groups excluding tert-OH is 1. The van der Waals surface area contributed by atoms with Crippen LogP contribution in [0.3, 0.4) is 0 Å². The van der Waals surface area contributed by atoms with E-state index in [0.29, 0.717) is 29.5 Å². The van der Waals surface area contributed by atoms with E-state index in [4.69, 9.17) is 17.3 Å².